The van der Waals surface area contributed by atoms with Gasteiger partial charge in [-0.05, 0) is 13.0 Å². The van der Waals surface area contributed by atoms with Crippen LogP contribution in [0.15, 0.2) is 0 Å². The van der Waals surface area contributed by atoms with Gasteiger partial charge < -0.3 is 5.32 Å². The van der Waals surface area contributed by atoms with E-state index in [-0.39, 0.29) is 6.54 Å². The first-order valence-electron chi connectivity index (χ1n) is 3.26. The molecule has 1 heterocycles. The van der Waals surface area contributed by atoms with E-state index < -0.39 is 20.8 Å². The van der Waals surface area contributed by atoms with E-state index in [1.165, 1.54) is 0 Å². The third kappa shape index (κ3) is 1.67. The lowest BCUT2D eigenvalue weighted by Crippen LogP contribution is -2.28. The zero-order valence-corrected chi connectivity index (χ0v) is 6.57. The van der Waals surface area contributed by atoms with Crippen LogP contribution in [-0.4, -0.2) is 32.5 Å². The fourth-order valence-electron chi connectivity index (χ4n) is 1.05. The van der Waals surface area contributed by atoms with Crippen LogP contribution in [0.2, 0.25) is 0 Å². The maximum absolute atomic E-state index is 11.8. The molecule has 0 amide bonds. The van der Waals surface area contributed by atoms with Crippen LogP contribution in [-0.2, 0) is 9.84 Å². The standard InChI is InChI=1S/C5H9F2NO2S/c6-5(7)11(9,10)4-1-2-8-3-4/h4-5,8H,1-3H2. The highest BCUT2D eigenvalue weighted by Crippen LogP contribution is 2.17. The number of hydrogen-bond acceptors (Lipinski definition) is 3. The van der Waals surface area contributed by atoms with Crippen LogP contribution in [0.1, 0.15) is 6.42 Å². The van der Waals surface area contributed by atoms with Crippen LogP contribution < -0.4 is 5.32 Å². The van der Waals surface area contributed by atoms with Crippen molar-refractivity contribution in [1.29, 1.82) is 0 Å². The quantitative estimate of drug-likeness (QED) is 0.658. The van der Waals surface area contributed by atoms with Gasteiger partial charge in [-0.2, -0.15) is 8.78 Å². The van der Waals surface area contributed by atoms with Gasteiger partial charge in [0.05, 0.1) is 5.25 Å². The van der Waals surface area contributed by atoms with Crippen molar-refractivity contribution in [3.63, 3.8) is 0 Å². The monoisotopic (exact) mass is 185 g/mol. The molecule has 1 N–H and O–H groups in total. The van der Waals surface area contributed by atoms with Gasteiger partial charge in [0, 0.05) is 6.54 Å². The Bertz CT molecular complexity index is 221. The normalized spacial score (nSPS) is 26.3. The van der Waals surface area contributed by atoms with Crippen LogP contribution in [0.4, 0.5) is 8.78 Å². The SMILES string of the molecule is O=S(=O)(C(F)F)C1CCNC1. The number of hydrogen-bond donors (Lipinski definition) is 1. The van der Waals surface area contributed by atoms with E-state index in [4.69, 9.17) is 0 Å². The molecule has 0 radical (unpaired) electrons. The molecule has 66 valence electrons. The van der Waals surface area contributed by atoms with Gasteiger partial charge in [0.2, 0.25) is 9.84 Å². The first-order chi connectivity index (χ1) is 5.05. The summed E-state index contributed by atoms with van der Waals surface area (Å²) in [5.74, 6) is -3.23. The van der Waals surface area contributed by atoms with Crippen molar-refractivity contribution in [2.45, 2.75) is 17.4 Å². The molecule has 0 aromatic carbocycles. The maximum atomic E-state index is 11.8. The molecule has 1 aliphatic rings. The van der Waals surface area contributed by atoms with Crippen LogP contribution in [0.25, 0.3) is 0 Å². The minimum absolute atomic E-state index is 0.159. The van der Waals surface area contributed by atoms with Crippen molar-refractivity contribution in [3.8, 4) is 0 Å². The average molecular weight is 185 g/mol. The van der Waals surface area contributed by atoms with E-state index in [1.807, 2.05) is 0 Å². The van der Waals surface area contributed by atoms with E-state index in [9.17, 15) is 17.2 Å². The molecule has 1 unspecified atom stereocenters. The van der Waals surface area contributed by atoms with E-state index >= 15 is 0 Å². The molecule has 6 heteroatoms. The van der Waals surface area contributed by atoms with Crippen LogP contribution in [0.3, 0.4) is 0 Å². The molecule has 0 aromatic heterocycles. The minimum atomic E-state index is -4.17. The van der Waals surface area contributed by atoms with Gasteiger partial charge in [-0.1, -0.05) is 0 Å². The van der Waals surface area contributed by atoms with Gasteiger partial charge in [0.15, 0.2) is 0 Å². The molecular formula is C5H9F2NO2S. The van der Waals surface area contributed by atoms with Crippen LogP contribution in [0, 0.1) is 0 Å². The van der Waals surface area contributed by atoms with Gasteiger partial charge >= 0.3 is 5.76 Å². The Kier molecular flexibility index (Phi) is 2.43. The smallest absolute Gasteiger partial charge is 0.315 e. The largest absolute Gasteiger partial charge is 0.337 e. The maximum Gasteiger partial charge on any atom is 0.337 e. The van der Waals surface area contributed by atoms with Gasteiger partial charge in [-0.15, -0.1) is 0 Å². The lowest BCUT2D eigenvalue weighted by Gasteiger charge is -2.07. The third-order valence-electron chi connectivity index (χ3n) is 1.73. The van der Waals surface area contributed by atoms with Crippen molar-refractivity contribution in [3.05, 3.63) is 0 Å². The third-order valence-corrected chi connectivity index (χ3v) is 3.56. The van der Waals surface area contributed by atoms with Crippen LogP contribution in [0.5, 0.6) is 0 Å². The van der Waals surface area contributed by atoms with Gasteiger partial charge in [-0.25, -0.2) is 8.42 Å². The second kappa shape index (κ2) is 3.02. The minimum Gasteiger partial charge on any atom is -0.315 e. The molecule has 0 aromatic rings. The van der Waals surface area contributed by atoms with E-state index in [0.29, 0.717) is 13.0 Å². The van der Waals surface area contributed by atoms with Crippen molar-refractivity contribution in [1.82, 2.24) is 5.32 Å². The second-order valence-corrected chi connectivity index (χ2v) is 4.67. The molecule has 0 aliphatic carbocycles. The molecule has 0 saturated carbocycles. The first-order valence-corrected chi connectivity index (χ1v) is 4.87. The summed E-state index contributed by atoms with van der Waals surface area (Å²) in [4.78, 5) is 0. The Hall–Kier alpha value is -0.230. The Morgan fingerprint density at radius 3 is 2.45 bits per heavy atom. The zero-order chi connectivity index (χ0) is 8.48. The van der Waals surface area contributed by atoms with Gasteiger partial charge in [0.1, 0.15) is 0 Å². The van der Waals surface area contributed by atoms with Gasteiger partial charge in [0.25, 0.3) is 0 Å². The van der Waals surface area contributed by atoms with Crippen molar-refractivity contribution >= 4 is 9.84 Å². The van der Waals surface area contributed by atoms with Crippen molar-refractivity contribution in [2.24, 2.45) is 0 Å². The lowest BCUT2D eigenvalue weighted by molar-refractivity contribution is 0.233. The summed E-state index contributed by atoms with van der Waals surface area (Å²) in [6, 6.07) is 0. The summed E-state index contributed by atoms with van der Waals surface area (Å²) in [6.07, 6.45) is 0.298. The molecular weight excluding hydrogens is 176 g/mol. The van der Waals surface area contributed by atoms with Crippen molar-refractivity contribution < 1.29 is 17.2 Å². The summed E-state index contributed by atoms with van der Waals surface area (Å²) >= 11 is 0. The summed E-state index contributed by atoms with van der Waals surface area (Å²) < 4.78 is 45.2. The predicted molar refractivity (Wildman–Crippen MR) is 36.2 cm³/mol. The molecule has 1 fully saturated rings. The zero-order valence-electron chi connectivity index (χ0n) is 5.76. The Labute approximate surface area is 63.7 Å². The number of halogens is 2. The Morgan fingerprint density at radius 1 is 1.45 bits per heavy atom. The molecule has 0 bridgehead atoms. The number of sulfone groups is 1. The highest BCUT2D eigenvalue weighted by atomic mass is 32.2. The summed E-state index contributed by atoms with van der Waals surface area (Å²) in [5.41, 5.74) is 0. The highest BCUT2D eigenvalue weighted by molar-refractivity contribution is 7.92. The summed E-state index contributed by atoms with van der Waals surface area (Å²) in [5, 5.41) is 1.83. The van der Waals surface area contributed by atoms with E-state index in [2.05, 4.69) is 5.32 Å². The van der Waals surface area contributed by atoms with E-state index in [0.717, 1.165) is 0 Å². The van der Waals surface area contributed by atoms with Gasteiger partial charge in [-0.3, -0.25) is 0 Å². The highest BCUT2D eigenvalue weighted by Gasteiger charge is 2.35. The number of alkyl halides is 2. The summed E-state index contributed by atoms with van der Waals surface area (Å²) in [6.45, 7) is 0.670. The Balaban J connectivity index is 2.72. The molecule has 0 spiro atoms. The second-order valence-electron chi connectivity index (χ2n) is 2.46. The van der Waals surface area contributed by atoms with E-state index in [1.54, 1.807) is 0 Å². The van der Waals surface area contributed by atoms with Crippen molar-refractivity contribution in [2.75, 3.05) is 13.1 Å². The van der Waals surface area contributed by atoms with Crippen LogP contribution >= 0.6 is 0 Å². The first kappa shape index (κ1) is 8.86. The molecule has 1 saturated heterocycles. The summed E-state index contributed by atoms with van der Waals surface area (Å²) in [7, 11) is -4.17. The predicted octanol–water partition coefficient (Wildman–Crippen LogP) is -0.0143. The Morgan fingerprint density at radius 2 is 2.09 bits per heavy atom. The average Bonchev–Trinajstić information content (AvgIpc) is 2.37. The molecule has 3 nitrogen and oxygen atoms in total. The number of nitrogens with one attached hydrogen (secondary N) is 1. The molecule has 1 rings (SSSR count). The topological polar surface area (TPSA) is 46.2 Å². The number of rotatable bonds is 2. The fraction of sp³-hybridized carbons (Fsp3) is 1.00. The lowest BCUT2D eigenvalue weighted by atomic mass is 10.4. The molecule has 1 aliphatic heterocycles. The molecule has 1 atom stereocenters. The fourth-order valence-corrected chi connectivity index (χ4v) is 2.14. The molecule has 11 heavy (non-hydrogen) atoms.